The van der Waals surface area contributed by atoms with Crippen molar-refractivity contribution in [1.29, 1.82) is 0 Å². The van der Waals surface area contributed by atoms with Crippen molar-refractivity contribution < 1.29 is 19.4 Å². The van der Waals surface area contributed by atoms with Crippen molar-refractivity contribution in [3.05, 3.63) is 0 Å². The summed E-state index contributed by atoms with van der Waals surface area (Å²) in [7, 11) is 1.80. The maximum Gasteiger partial charge on any atom is 0.306 e. The molecule has 0 radical (unpaired) electrons. The van der Waals surface area contributed by atoms with E-state index in [1.807, 2.05) is 0 Å². The smallest absolute Gasteiger partial charge is 0.306 e. The number of hydrogen-bond acceptors (Lipinski definition) is 3. The second-order valence-corrected chi connectivity index (χ2v) is 5.75. The summed E-state index contributed by atoms with van der Waals surface area (Å²) in [4.78, 5) is 25.1. The molecular formula is C14H23NO4. The van der Waals surface area contributed by atoms with Gasteiger partial charge in [0, 0.05) is 26.1 Å². The van der Waals surface area contributed by atoms with E-state index in [1.165, 1.54) is 0 Å². The van der Waals surface area contributed by atoms with Crippen LogP contribution in [0.4, 0.5) is 0 Å². The zero-order chi connectivity index (χ0) is 13.8. The highest BCUT2D eigenvalue weighted by atomic mass is 16.5. The van der Waals surface area contributed by atoms with Crippen molar-refractivity contribution in [2.24, 2.45) is 11.8 Å². The molecule has 1 aliphatic carbocycles. The summed E-state index contributed by atoms with van der Waals surface area (Å²) in [6.45, 7) is 1.42. The number of carboxylic acids is 1. The van der Waals surface area contributed by atoms with E-state index in [4.69, 9.17) is 9.84 Å². The minimum absolute atomic E-state index is 0.0847. The molecule has 1 heterocycles. The highest BCUT2D eigenvalue weighted by molar-refractivity contribution is 5.80. The maximum atomic E-state index is 12.3. The van der Waals surface area contributed by atoms with Crippen LogP contribution in [0.2, 0.25) is 0 Å². The van der Waals surface area contributed by atoms with Gasteiger partial charge < -0.3 is 14.7 Å². The van der Waals surface area contributed by atoms with Crippen LogP contribution in [0.3, 0.4) is 0 Å². The lowest BCUT2D eigenvalue weighted by molar-refractivity contribution is -0.145. The first-order chi connectivity index (χ1) is 9.08. The van der Waals surface area contributed by atoms with Gasteiger partial charge in [0.25, 0.3) is 0 Å². The monoisotopic (exact) mass is 269 g/mol. The van der Waals surface area contributed by atoms with Crippen LogP contribution in [0.1, 0.15) is 38.5 Å². The van der Waals surface area contributed by atoms with Gasteiger partial charge in [-0.3, -0.25) is 9.59 Å². The van der Waals surface area contributed by atoms with Gasteiger partial charge in [-0.15, -0.1) is 0 Å². The summed E-state index contributed by atoms with van der Waals surface area (Å²) < 4.78 is 5.53. The molecule has 0 aromatic rings. The molecule has 19 heavy (non-hydrogen) atoms. The van der Waals surface area contributed by atoms with Crippen molar-refractivity contribution in [2.45, 2.75) is 44.6 Å². The highest BCUT2D eigenvalue weighted by Crippen LogP contribution is 2.30. The van der Waals surface area contributed by atoms with E-state index >= 15 is 0 Å². The second kappa shape index (κ2) is 6.37. The Labute approximate surface area is 113 Å². The summed E-state index contributed by atoms with van der Waals surface area (Å²) in [5, 5.41) is 9.06. The minimum Gasteiger partial charge on any atom is -0.481 e. The van der Waals surface area contributed by atoms with Crippen molar-refractivity contribution >= 4 is 11.9 Å². The van der Waals surface area contributed by atoms with Crippen LogP contribution in [0.25, 0.3) is 0 Å². The van der Waals surface area contributed by atoms with E-state index in [1.54, 1.807) is 11.9 Å². The lowest BCUT2D eigenvalue weighted by atomic mass is 9.81. The zero-order valence-electron chi connectivity index (χ0n) is 11.5. The van der Waals surface area contributed by atoms with Crippen LogP contribution in [-0.4, -0.2) is 48.2 Å². The number of nitrogens with zero attached hydrogens (tertiary/aromatic N) is 1. The number of carbonyl (C=O) groups excluding carboxylic acids is 1. The predicted molar refractivity (Wildman–Crippen MR) is 69.7 cm³/mol. The number of carbonyl (C=O) groups is 2. The third kappa shape index (κ3) is 3.69. The molecule has 5 heteroatoms. The van der Waals surface area contributed by atoms with Gasteiger partial charge in [-0.2, -0.15) is 0 Å². The number of hydrogen-bond donors (Lipinski definition) is 1. The molecule has 1 saturated carbocycles. The first-order valence-electron chi connectivity index (χ1n) is 7.17. The van der Waals surface area contributed by atoms with Crippen LogP contribution in [-0.2, 0) is 14.3 Å². The van der Waals surface area contributed by atoms with Crippen molar-refractivity contribution in [3.8, 4) is 0 Å². The lowest BCUT2D eigenvalue weighted by Gasteiger charge is -2.30. The molecule has 1 amide bonds. The zero-order valence-corrected chi connectivity index (χ0v) is 11.5. The Balaban J connectivity index is 1.85. The molecule has 0 aromatic carbocycles. The molecule has 1 N–H and O–H groups in total. The average molecular weight is 269 g/mol. The van der Waals surface area contributed by atoms with E-state index in [9.17, 15) is 9.59 Å². The molecule has 2 rings (SSSR count). The molecule has 0 bridgehead atoms. The van der Waals surface area contributed by atoms with E-state index < -0.39 is 5.97 Å². The SMILES string of the molecule is CN(CC1CCCO1)C(=O)C1CCCC(C(=O)O)C1. The summed E-state index contributed by atoms with van der Waals surface area (Å²) in [5.41, 5.74) is 0. The van der Waals surface area contributed by atoms with E-state index in [0.717, 1.165) is 32.3 Å². The molecule has 5 nitrogen and oxygen atoms in total. The van der Waals surface area contributed by atoms with Gasteiger partial charge in [-0.05, 0) is 32.1 Å². The summed E-state index contributed by atoms with van der Waals surface area (Å²) in [6, 6.07) is 0. The number of carboxylic acid groups (broad SMARTS) is 1. The van der Waals surface area contributed by atoms with E-state index in [2.05, 4.69) is 0 Å². The molecule has 3 unspecified atom stereocenters. The van der Waals surface area contributed by atoms with Crippen molar-refractivity contribution in [1.82, 2.24) is 4.90 Å². The molecule has 0 aromatic heterocycles. The Morgan fingerprint density at radius 1 is 1.21 bits per heavy atom. The van der Waals surface area contributed by atoms with Crippen molar-refractivity contribution in [3.63, 3.8) is 0 Å². The third-order valence-electron chi connectivity index (χ3n) is 4.25. The molecule has 0 spiro atoms. The third-order valence-corrected chi connectivity index (χ3v) is 4.25. The fourth-order valence-electron chi connectivity index (χ4n) is 3.13. The maximum absolute atomic E-state index is 12.3. The standard InChI is InChI=1S/C14H23NO4/c1-15(9-12-6-3-7-19-12)13(16)10-4-2-5-11(8-10)14(17)18/h10-12H,2-9H2,1H3,(H,17,18). The summed E-state index contributed by atoms with van der Waals surface area (Å²) in [6.07, 6.45) is 5.09. The van der Waals surface area contributed by atoms with Crippen LogP contribution >= 0.6 is 0 Å². The Hall–Kier alpha value is -1.10. The Morgan fingerprint density at radius 3 is 2.58 bits per heavy atom. The number of likely N-dealkylation sites (N-methyl/N-ethyl adjacent to an activating group) is 1. The number of rotatable bonds is 4. The van der Waals surface area contributed by atoms with Crippen LogP contribution in [0.5, 0.6) is 0 Å². The first kappa shape index (κ1) is 14.3. The predicted octanol–water partition coefficient (Wildman–Crippen LogP) is 1.51. The Bertz CT molecular complexity index is 338. The molecule has 1 saturated heterocycles. The molecule has 1 aliphatic heterocycles. The van der Waals surface area contributed by atoms with E-state index in [0.29, 0.717) is 19.4 Å². The molecule has 2 fully saturated rings. The Kier molecular flexibility index (Phi) is 4.80. The second-order valence-electron chi connectivity index (χ2n) is 5.75. The topological polar surface area (TPSA) is 66.8 Å². The van der Waals surface area contributed by atoms with Gasteiger partial charge in [-0.25, -0.2) is 0 Å². The van der Waals surface area contributed by atoms with Crippen LogP contribution in [0, 0.1) is 11.8 Å². The van der Waals surface area contributed by atoms with Crippen LogP contribution < -0.4 is 0 Å². The minimum atomic E-state index is -0.765. The summed E-state index contributed by atoms with van der Waals surface area (Å²) >= 11 is 0. The quantitative estimate of drug-likeness (QED) is 0.840. The fraction of sp³-hybridized carbons (Fsp3) is 0.857. The fourth-order valence-corrected chi connectivity index (χ4v) is 3.13. The molecule has 3 atom stereocenters. The van der Waals surface area contributed by atoms with Gasteiger partial charge in [-0.1, -0.05) is 6.42 Å². The number of aliphatic carboxylic acids is 1. The van der Waals surface area contributed by atoms with Gasteiger partial charge >= 0.3 is 5.97 Å². The number of ether oxygens (including phenoxy) is 1. The van der Waals surface area contributed by atoms with Gasteiger partial charge in [0.2, 0.25) is 5.91 Å². The average Bonchev–Trinajstić information content (AvgIpc) is 2.90. The Morgan fingerprint density at radius 2 is 1.95 bits per heavy atom. The van der Waals surface area contributed by atoms with Crippen molar-refractivity contribution in [2.75, 3.05) is 20.2 Å². The number of amides is 1. The highest BCUT2D eigenvalue weighted by Gasteiger charge is 2.33. The largest absolute Gasteiger partial charge is 0.481 e. The van der Waals surface area contributed by atoms with Crippen LogP contribution in [0.15, 0.2) is 0 Å². The van der Waals surface area contributed by atoms with Gasteiger partial charge in [0.1, 0.15) is 0 Å². The first-order valence-corrected chi connectivity index (χ1v) is 7.17. The summed E-state index contributed by atoms with van der Waals surface area (Å²) in [5.74, 6) is -1.15. The van der Waals surface area contributed by atoms with E-state index in [-0.39, 0.29) is 23.8 Å². The van der Waals surface area contributed by atoms with Gasteiger partial charge in [0.05, 0.1) is 12.0 Å². The molecule has 2 aliphatic rings. The normalized spacial score (nSPS) is 31.1. The lowest BCUT2D eigenvalue weighted by Crippen LogP contribution is -2.40. The van der Waals surface area contributed by atoms with Gasteiger partial charge in [0.15, 0.2) is 0 Å². The molecular weight excluding hydrogens is 246 g/mol. The molecule has 108 valence electrons.